The van der Waals surface area contributed by atoms with E-state index in [1.165, 1.54) is 38.8 Å². The number of piperidine rings is 1. The van der Waals surface area contributed by atoms with Crippen molar-refractivity contribution in [3.05, 3.63) is 24.2 Å². The number of nitrogens with one attached hydrogen (secondary N) is 1. The first-order valence-corrected chi connectivity index (χ1v) is 7.76. The Morgan fingerprint density at radius 3 is 2.84 bits per heavy atom. The maximum absolute atomic E-state index is 5.33. The van der Waals surface area contributed by atoms with Gasteiger partial charge in [-0.25, -0.2) is 0 Å². The Hall–Kier alpha value is -0.800. The Morgan fingerprint density at radius 1 is 1.42 bits per heavy atom. The lowest BCUT2D eigenvalue weighted by Crippen LogP contribution is -2.44. The fourth-order valence-corrected chi connectivity index (χ4v) is 3.04. The molecule has 3 heteroatoms. The van der Waals surface area contributed by atoms with Crippen LogP contribution in [0.4, 0.5) is 0 Å². The van der Waals surface area contributed by atoms with Crippen LogP contribution >= 0.6 is 0 Å². The smallest absolute Gasteiger partial charge is 0.117 e. The van der Waals surface area contributed by atoms with E-state index in [0.717, 1.165) is 24.8 Å². The predicted molar refractivity (Wildman–Crippen MR) is 79.1 cm³/mol. The van der Waals surface area contributed by atoms with Crippen LogP contribution in [0, 0.1) is 5.92 Å². The number of likely N-dealkylation sites (tertiary alicyclic amines) is 1. The van der Waals surface area contributed by atoms with E-state index in [2.05, 4.69) is 24.1 Å². The maximum Gasteiger partial charge on any atom is 0.117 e. The quantitative estimate of drug-likeness (QED) is 0.819. The topological polar surface area (TPSA) is 28.4 Å². The zero-order valence-corrected chi connectivity index (χ0v) is 12.4. The average molecular weight is 264 g/mol. The Kier molecular flexibility index (Phi) is 5.93. The molecule has 1 atom stereocenters. The van der Waals surface area contributed by atoms with Crippen LogP contribution in [0.2, 0.25) is 0 Å². The maximum atomic E-state index is 5.33. The van der Waals surface area contributed by atoms with Gasteiger partial charge in [0.05, 0.1) is 12.8 Å². The van der Waals surface area contributed by atoms with Gasteiger partial charge in [0.1, 0.15) is 5.76 Å². The molecule has 2 rings (SSSR count). The summed E-state index contributed by atoms with van der Waals surface area (Å²) in [7, 11) is 0. The van der Waals surface area contributed by atoms with E-state index in [1.807, 2.05) is 12.1 Å². The molecule has 0 saturated carbocycles. The molecular weight excluding hydrogens is 236 g/mol. The van der Waals surface area contributed by atoms with Crippen molar-refractivity contribution in [2.24, 2.45) is 5.92 Å². The second-order valence-electron chi connectivity index (χ2n) is 5.83. The minimum atomic E-state index is 0.623. The van der Waals surface area contributed by atoms with Gasteiger partial charge >= 0.3 is 0 Å². The van der Waals surface area contributed by atoms with Crippen molar-refractivity contribution in [3.63, 3.8) is 0 Å². The third kappa shape index (κ3) is 4.66. The second-order valence-corrected chi connectivity index (χ2v) is 5.83. The van der Waals surface area contributed by atoms with E-state index in [1.54, 1.807) is 6.26 Å². The zero-order chi connectivity index (χ0) is 13.5. The van der Waals surface area contributed by atoms with E-state index >= 15 is 0 Å². The second kappa shape index (κ2) is 7.71. The first-order chi connectivity index (χ1) is 9.29. The SMILES string of the molecule is CCCC1CCN(C(C)CNCc2ccco2)CC1. The highest BCUT2D eigenvalue weighted by atomic mass is 16.3. The number of hydrogen-bond donors (Lipinski definition) is 1. The Labute approximate surface area is 117 Å². The minimum Gasteiger partial charge on any atom is -0.468 e. The molecule has 0 bridgehead atoms. The molecule has 1 aromatic rings. The summed E-state index contributed by atoms with van der Waals surface area (Å²) in [6.07, 6.45) is 7.26. The van der Waals surface area contributed by atoms with Crippen molar-refractivity contribution >= 4 is 0 Å². The van der Waals surface area contributed by atoms with Crippen molar-refractivity contribution in [2.45, 2.75) is 52.1 Å². The van der Waals surface area contributed by atoms with E-state index in [9.17, 15) is 0 Å². The molecule has 1 aliphatic heterocycles. The van der Waals surface area contributed by atoms with E-state index in [-0.39, 0.29) is 0 Å². The highest BCUT2D eigenvalue weighted by molar-refractivity contribution is 4.97. The van der Waals surface area contributed by atoms with Crippen LogP contribution in [0.3, 0.4) is 0 Å². The van der Waals surface area contributed by atoms with Crippen molar-refractivity contribution in [1.82, 2.24) is 10.2 Å². The summed E-state index contributed by atoms with van der Waals surface area (Å²) in [6, 6.07) is 4.59. The molecule has 19 heavy (non-hydrogen) atoms. The Morgan fingerprint density at radius 2 is 2.21 bits per heavy atom. The van der Waals surface area contributed by atoms with Gasteiger partial charge in [-0.1, -0.05) is 19.8 Å². The highest BCUT2D eigenvalue weighted by Crippen LogP contribution is 2.22. The van der Waals surface area contributed by atoms with Crippen LogP contribution in [0.15, 0.2) is 22.8 Å². The summed E-state index contributed by atoms with van der Waals surface area (Å²) in [4.78, 5) is 2.63. The first kappa shape index (κ1) is 14.6. The molecule has 1 fully saturated rings. The lowest BCUT2D eigenvalue weighted by Gasteiger charge is -2.36. The molecule has 108 valence electrons. The van der Waals surface area contributed by atoms with E-state index in [0.29, 0.717) is 6.04 Å². The number of furan rings is 1. The normalized spacial score (nSPS) is 19.7. The molecule has 0 aromatic carbocycles. The standard InChI is InChI=1S/C16H28N2O/c1-3-5-15-7-9-18(10-8-15)14(2)12-17-13-16-6-4-11-19-16/h4,6,11,14-15,17H,3,5,7-10,12-13H2,1-2H3. The molecule has 0 amide bonds. The molecule has 1 aliphatic rings. The summed E-state index contributed by atoms with van der Waals surface area (Å²) >= 11 is 0. The molecular formula is C16H28N2O. The summed E-state index contributed by atoms with van der Waals surface area (Å²) in [5.74, 6) is 2.00. The molecule has 1 N–H and O–H groups in total. The first-order valence-electron chi connectivity index (χ1n) is 7.76. The van der Waals surface area contributed by atoms with Crippen molar-refractivity contribution < 1.29 is 4.42 Å². The monoisotopic (exact) mass is 264 g/mol. The minimum absolute atomic E-state index is 0.623. The van der Waals surface area contributed by atoms with Gasteiger partial charge in [-0.05, 0) is 50.9 Å². The van der Waals surface area contributed by atoms with E-state index in [4.69, 9.17) is 4.42 Å². The Balaban J connectivity index is 1.62. The summed E-state index contributed by atoms with van der Waals surface area (Å²) in [6.45, 7) is 9.05. The largest absolute Gasteiger partial charge is 0.468 e. The van der Waals surface area contributed by atoms with Crippen LogP contribution in [-0.4, -0.2) is 30.6 Å². The zero-order valence-electron chi connectivity index (χ0n) is 12.4. The van der Waals surface area contributed by atoms with E-state index < -0.39 is 0 Å². The van der Waals surface area contributed by atoms with Crippen molar-refractivity contribution in [2.75, 3.05) is 19.6 Å². The number of hydrogen-bond acceptors (Lipinski definition) is 3. The van der Waals surface area contributed by atoms with Gasteiger partial charge in [0.15, 0.2) is 0 Å². The van der Waals surface area contributed by atoms with Gasteiger partial charge < -0.3 is 9.73 Å². The van der Waals surface area contributed by atoms with Crippen LogP contribution in [0.25, 0.3) is 0 Å². The van der Waals surface area contributed by atoms with Crippen LogP contribution in [0.1, 0.15) is 45.3 Å². The Bertz CT molecular complexity index is 329. The fraction of sp³-hybridized carbons (Fsp3) is 0.750. The van der Waals surface area contributed by atoms with Crippen LogP contribution in [0.5, 0.6) is 0 Å². The van der Waals surface area contributed by atoms with Crippen molar-refractivity contribution in [3.8, 4) is 0 Å². The van der Waals surface area contributed by atoms with Gasteiger partial charge in [-0.15, -0.1) is 0 Å². The lowest BCUT2D eigenvalue weighted by molar-refractivity contribution is 0.135. The molecule has 0 radical (unpaired) electrons. The van der Waals surface area contributed by atoms with Crippen LogP contribution < -0.4 is 5.32 Å². The summed E-state index contributed by atoms with van der Waals surface area (Å²) in [5, 5.41) is 3.49. The fourth-order valence-electron chi connectivity index (χ4n) is 3.04. The molecule has 1 saturated heterocycles. The van der Waals surface area contributed by atoms with Gasteiger partial charge in [-0.3, -0.25) is 4.90 Å². The molecule has 1 aromatic heterocycles. The molecule has 1 unspecified atom stereocenters. The molecule has 0 aliphatic carbocycles. The molecule has 0 spiro atoms. The van der Waals surface area contributed by atoms with Gasteiger partial charge in [0.2, 0.25) is 0 Å². The van der Waals surface area contributed by atoms with Gasteiger partial charge in [0.25, 0.3) is 0 Å². The third-order valence-corrected chi connectivity index (χ3v) is 4.29. The summed E-state index contributed by atoms with van der Waals surface area (Å²) in [5.41, 5.74) is 0. The number of rotatable bonds is 7. The van der Waals surface area contributed by atoms with Gasteiger partial charge in [-0.2, -0.15) is 0 Å². The van der Waals surface area contributed by atoms with Crippen LogP contribution in [-0.2, 0) is 6.54 Å². The van der Waals surface area contributed by atoms with Crippen molar-refractivity contribution in [1.29, 1.82) is 0 Å². The van der Waals surface area contributed by atoms with Gasteiger partial charge in [0, 0.05) is 12.6 Å². The molecule has 2 heterocycles. The summed E-state index contributed by atoms with van der Waals surface area (Å²) < 4.78 is 5.33. The highest BCUT2D eigenvalue weighted by Gasteiger charge is 2.21. The molecule has 3 nitrogen and oxygen atoms in total. The third-order valence-electron chi connectivity index (χ3n) is 4.29. The lowest BCUT2D eigenvalue weighted by atomic mass is 9.92. The predicted octanol–water partition coefficient (Wildman–Crippen LogP) is 3.27. The number of nitrogens with zero attached hydrogens (tertiary/aromatic N) is 1. The average Bonchev–Trinajstić information content (AvgIpc) is 2.93.